The van der Waals surface area contributed by atoms with Gasteiger partial charge < -0.3 is 5.32 Å². The molecule has 1 heterocycles. The molecule has 96 valence electrons. The number of aromatic nitrogens is 1. The number of hydrogen-bond donors (Lipinski definition) is 1. The van der Waals surface area contributed by atoms with Crippen LogP contribution in [0, 0.1) is 0 Å². The number of rotatable bonds is 6. The van der Waals surface area contributed by atoms with Crippen molar-refractivity contribution in [2.75, 3.05) is 30.1 Å². The molecule has 0 saturated carbocycles. The van der Waals surface area contributed by atoms with Crippen LogP contribution in [0.15, 0.2) is 12.1 Å². The first-order valence-electron chi connectivity index (χ1n) is 5.01. The summed E-state index contributed by atoms with van der Waals surface area (Å²) in [5.74, 6) is 2.11. The number of nitrogens with zero attached hydrogens (tertiary/aromatic N) is 1. The van der Waals surface area contributed by atoms with E-state index in [1.165, 1.54) is 18.0 Å². The highest BCUT2D eigenvalue weighted by atomic mass is 35.5. The van der Waals surface area contributed by atoms with Crippen LogP contribution in [0.3, 0.4) is 0 Å². The molecule has 17 heavy (non-hydrogen) atoms. The van der Waals surface area contributed by atoms with Crippen LogP contribution < -0.4 is 5.32 Å². The van der Waals surface area contributed by atoms with E-state index in [0.717, 1.165) is 11.5 Å². The summed E-state index contributed by atoms with van der Waals surface area (Å²) >= 11 is 7.51. The van der Waals surface area contributed by atoms with Gasteiger partial charge in [-0.05, 0) is 12.1 Å². The lowest BCUT2D eigenvalue weighted by Gasteiger charge is -2.06. The minimum absolute atomic E-state index is 0.182. The summed E-state index contributed by atoms with van der Waals surface area (Å²) in [6, 6.07) is 3.58. The number of thioether (sulfide) groups is 1. The van der Waals surface area contributed by atoms with Crippen LogP contribution in [0.4, 0.5) is 5.82 Å². The molecule has 0 atom stereocenters. The van der Waals surface area contributed by atoms with Gasteiger partial charge in [-0.2, -0.15) is 11.8 Å². The molecular formula is C10H15ClN2O2S2. The van der Waals surface area contributed by atoms with E-state index in [2.05, 4.69) is 10.3 Å². The summed E-state index contributed by atoms with van der Waals surface area (Å²) in [5, 5.41) is 3.54. The summed E-state index contributed by atoms with van der Waals surface area (Å²) in [7, 11) is -1.10. The van der Waals surface area contributed by atoms with E-state index in [4.69, 9.17) is 11.6 Å². The molecule has 1 rings (SSSR count). The number of halogens is 1. The fourth-order valence-electron chi connectivity index (χ4n) is 1.10. The Bertz CT molecular complexity index is 477. The summed E-state index contributed by atoms with van der Waals surface area (Å²) in [5.41, 5.74) is 0.775. The van der Waals surface area contributed by atoms with Gasteiger partial charge in [0.25, 0.3) is 0 Å². The Morgan fingerprint density at radius 3 is 2.76 bits per heavy atom. The first-order chi connectivity index (χ1) is 7.92. The maximum atomic E-state index is 10.9. The standard InChI is InChI=1S/C10H15ClN2O2S2/c1-12-10-4-3-8(11)9(13-10)7-16-5-6-17(2,14)15/h3-4H,5-7H2,1-2H3,(H,12,13). The SMILES string of the molecule is CNc1ccc(Cl)c(CSCCS(C)(=O)=O)n1. The van der Waals surface area contributed by atoms with E-state index in [-0.39, 0.29) is 5.75 Å². The maximum Gasteiger partial charge on any atom is 0.148 e. The smallest absolute Gasteiger partial charge is 0.148 e. The number of nitrogens with one attached hydrogen (secondary N) is 1. The van der Waals surface area contributed by atoms with Crippen LogP contribution in [0.5, 0.6) is 0 Å². The van der Waals surface area contributed by atoms with E-state index in [1.807, 2.05) is 0 Å². The van der Waals surface area contributed by atoms with Crippen molar-refractivity contribution in [2.45, 2.75) is 5.75 Å². The van der Waals surface area contributed by atoms with E-state index in [1.54, 1.807) is 19.2 Å². The van der Waals surface area contributed by atoms with E-state index >= 15 is 0 Å². The van der Waals surface area contributed by atoms with Crippen LogP contribution in [-0.4, -0.2) is 38.2 Å². The van der Waals surface area contributed by atoms with Gasteiger partial charge in [-0.25, -0.2) is 13.4 Å². The fraction of sp³-hybridized carbons (Fsp3) is 0.500. The predicted molar refractivity (Wildman–Crippen MR) is 74.7 cm³/mol. The van der Waals surface area contributed by atoms with Gasteiger partial charge in [0, 0.05) is 24.8 Å². The highest BCUT2D eigenvalue weighted by molar-refractivity contribution is 7.99. The summed E-state index contributed by atoms with van der Waals surface area (Å²) in [6.07, 6.45) is 1.24. The number of anilines is 1. The molecule has 4 nitrogen and oxygen atoms in total. The monoisotopic (exact) mass is 294 g/mol. The zero-order chi connectivity index (χ0) is 12.9. The number of pyridine rings is 1. The van der Waals surface area contributed by atoms with Crippen molar-refractivity contribution in [3.05, 3.63) is 22.8 Å². The maximum absolute atomic E-state index is 10.9. The average molecular weight is 295 g/mol. The fourth-order valence-corrected chi connectivity index (χ4v) is 3.60. The molecule has 0 aliphatic heterocycles. The molecule has 0 saturated heterocycles. The van der Waals surface area contributed by atoms with Crippen molar-refractivity contribution in [3.63, 3.8) is 0 Å². The minimum Gasteiger partial charge on any atom is -0.373 e. The summed E-state index contributed by atoms with van der Waals surface area (Å²) in [4.78, 5) is 4.31. The average Bonchev–Trinajstić information content (AvgIpc) is 2.25. The first kappa shape index (κ1) is 14.6. The highest BCUT2D eigenvalue weighted by Crippen LogP contribution is 2.21. The molecule has 0 amide bonds. The zero-order valence-corrected chi connectivity index (χ0v) is 12.1. The Morgan fingerprint density at radius 2 is 2.18 bits per heavy atom. The van der Waals surface area contributed by atoms with Crippen LogP contribution in [0.2, 0.25) is 5.02 Å². The largest absolute Gasteiger partial charge is 0.373 e. The van der Waals surface area contributed by atoms with Gasteiger partial charge >= 0.3 is 0 Å². The molecule has 0 bridgehead atoms. The van der Waals surface area contributed by atoms with Crippen molar-refractivity contribution < 1.29 is 8.42 Å². The minimum atomic E-state index is -2.89. The quantitative estimate of drug-likeness (QED) is 0.814. The van der Waals surface area contributed by atoms with Gasteiger partial charge in [0.2, 0.25) is 0 Å². The molecule has 1 aromatic rings. The molecular weight excluding hydrogens is 280 g/mol. The number of hydrogen-bond acceptors (Lipinski definition) is 5. The molecule has 0 radical (unpaired) electrons. The van der Waals surface area contributed by atoms with Gasteiger partial charge in [0.05, 0.1) is 16.5 Å². The normalized spacial score (nSPS) is 11.5. The summed E-state index contributed by atoms with van der Waals surface area (Å²) < 4.78 is 21.9. The van der Waals surface area contributed by atoms with Gasteiger partial charge in [-0.3, -0.25) is 0 Å². The molecule has 0 fully saturated rings. The van der Waals surface area contributed by atoms with Gasteiger partial charge in [-0.1, -0.05) is 11.6 Å². The predicted octanol–water partition coefficient (Wildman–Crippen LogP) is 2.05. The third-order valence-electron chi connectivity index (χ3n) is 2.01. The van der Waals surface area contributed by atoms with Crippen molar-refractivity contribution in [3.8, 4) is 0 Å². The molecule has 0 aliphatic carbocycles. The van der Waals surface area contributed by atoms with E-state index in [0.29, 0.717) is 16.5 Å². The second kappa shape index (κ2) is 6.47. The summed E-state index contributed by atoms with van der Waals surface area (Å²) in [6.45, 7) is 0. The molecule has 0 aromatic carbocycles. The van der Waals surface area contributed by atoms with Crippen LogP contribution >= 0.6 is 23.4 Å². The van der Waals surface area contributed by atoms with E-state index in [9.17, 15) is 8.42 Å². The van der Waals surface area contributed by atoms with Gasteiger partial charge in [0.1, 0.15) is 15.7 Å². The van der Waals surface area contributed by atoms with Crippen molar-refractivity contribution >= 4 is 39.0 Å². The Kier molecular flexibility index (Phi) is 5.55. The second-order valence-electron chi connectivity index (χ2n) is 3.56. The van der Waals surface area contributed by atoms with Gasteiger partial charge in [0.15, 0.2) is 0 Å². The Balaban J connectivity index is 2.51. The molecule has 1 aromatic heterocycles. The van der Waals surface area contributed by atoms with E-state index < -0.39 is 9.84 Å². The lowest BCUT2D eigenvalue weighted by atomic mass is 10.3. The van der Waals surface area contributed by atoms with Crippen molar-refractivity contribution in [2.24, 2.45) is 0 Å². The molecule has 7 heteroatoms. The topological polar surface area (TPSA) is 59.1 Å². The molecule has 1 N–H and O–H groups in total. The van der Waals surface area contributed by atoms with Gasteiger partial charge in [-0.15, -0.1) is 0 Å². The molecule has 0 spiro atoms. The highest BCUT2D eigenvalue weighted by Gasteiger charge is 2.06. The van der Waals surface area contributed by atoms with Crippen LogP contribution in [0.25, 0.3) is 0 Å². The molecule has 0 unspecified atom stereocenters. The van der Waals surface area contributed by atoms with Crippen molar-refractivity contribution in [1.82, 2.24) is 4.98 Å². The van der Waals surface area contributed by atoms with Crippen LogP contribution in [-0.2, 0) is 15.6 Å². The second-order valence-corrected chi connectivity index (χ2v) is 7.33. The lowest BCUT2D eigenvalue weighted by Crippen LogP contribution is -2.05. The van der Waals surface area contributed by atoms with Crippen LogP contribution in [0.1, 0.15) is 5.69 Å². The third kappa shape index (κ3) is 5.61. The Hall–Kier alpha value is -0.460. The zero-order valence-electron chi connectivity index (χ0n) is 9.73. The van der Waals surface area contributed by atoms with Crippen molar-refractivity contribution in [1.29, 1.82) is 0 Å². The molecule has 0 aliphatic rings. The number of sulfone groups is 1. The lowest BCUT2D eigenvalue weighted by molar-refractivity contribution is 0.603. The first-order valence-corrected chi connectivity index (χ1v) is 8.60. The Labute approximate surface area is 111 Å². The Morgan fingerprint density at radius 1 is 1.47 bits per heavy atom. The third-order valence-corrected chi connectivity index (χ3v) is 4.53.